The third kappa shape index (κ3) is 5.98. The smallest absolute Gasteiger partial charge is 0.340 e. The normalized spacial score (nSPS) is 12.5. The zero-order chi connectivity index (χ0) is 22.6. The lowest BCUT2D eigenvalue weighted by molar-refractivity contribution is -0.148. The predicted octanol–water partition coefficient (Wildman–Crippen LogP) is 6.95. The van der Waals surface area contributed by atoms with E-state index in [1.807, 2.05) is 18.2 Å². The Balaban J connectivity index is 1.64. The van der Waals surface area contributed by atoms with Gasteiger partial charge in [-0.05, 0) is 46.2 Å². The summed E-state index contributed by atoms with van der Waals surface area (Å²) in [6, 6.07) is 19.0. The molecule has 0 aromatic heterocycles. The van der Waals surface area contributed by atoms with Gasteiger partial charge in [-0.2, -0.15) is 8.78 Å². The van der Waals surface area contributed by atoms with Crippen LogP contribution in [0, 0.1) is 0 Å². The van der Waals surface area contributed by atoms with Gasteiger partial charge < -0.3 is 10.1 Å². The first-order valence-electron chi connectivity index (χ1n) is 9.86. The summed E-state index contributed by atoms with van der Waals surface area (Å²) in [6.45, 7) is 4.11. The summed E-state index contributed by atoms with van der Waals surface area (Å²) < 4.78 is 56.6. The summed E-state index contributed by atoms with van der Waals surface area (Å²) >= 11 is 3.54. The van der Waals surface area contributed by atoms with Crippen molar-refractivity contribution in [2.45, 2.75) is 38.2 Å². The first-order valence-corrected chi connectivity index (χ1v) is 10.6. The van der Waals surface area contributed by atoms with Crippen LogP contribution in [0.15, 0.2) is 65.1 Å². The molecule has 0 saturated carbocycles. The van der Waals surface area contributed by atoms with Crippen LogP contribution in [0.4, 0.5) is 17.6 Å². The molecule has 0 bridgehead atoms. The van der Waals surface area contributed by atoms with E-state index in [4.69, 9.17) is 4.74 Å². The Bertz CT molecular complexity index is 1040. The maximum absolute atomic E-state index is 13.1. The van der Waals surface area contributed by atoms with Gasteiger partial charge in [0.15, 0.2) is 6.61 Å². The van der Waals surface area contributed by atoms with Crippen molar-refractivity contribution in [2.24, 2.45) is 0 Å². The molecule has 1 N–H and O–H groups in total. The van der Waals surface area contributed by atoms with Crippen molar-refractivity contribution >= 4 is 26.7 Å². The summed E-state index contributed by atoms with van der Waals surface area (Å²) in [5.41, 5.74) is 1.85. The number of nitrogens with one attached hydrogen (secondary N) is 1. The zero-order valence-electron chi connectivity index (χ0n) is 17.3. The maximum atomic E-state index is 13.1. The van der Waals surface area contributed by atoms with Gasteiger partial charge in [-0.15, -0.1) is 0 Å². The average molecular weight is 498 g/mol. The second kappa shape index (κ2) is 9.57. The summed E-state index contributed by atoms with van der Waals surface area (Å²) in [7, 11) is 0. The monoisotopic (exact) mass is 497 g/mol. The molecule has 0 aliphatic carbocycles. The highest BCUT2D eigenvalue weighted by atomic mass is 79.9. The summed E-state index contributed by atoms with van der Waals surface area (Å²) in [5, 5.41) is 5.75. The molecule has 0 amide bonds. The summed E-state index contributed by atoms with van der Waals surface area (Å²) in [4.78, 5) is 0. The van der Waals surface area contributed by atoms with E-state index in [1.165, 1.54) is 22.4 Å². The molecule has 0 spiro atoms. The van der Waals surface area contributed by atoms with E-state index in [0.29, 0.717) is 13.1 Å². The summed E-state index contributed by atoms with van der Waals surface area (Å²) in [6.07, 6.45) is -3.76. The van der Waals surface area contributed by atoms with Crippen LogP contribution in [-0.2, 0) is 12.0 Å². The Hall–Kier alpha value is -2.12. The van der Waals surface area contributed by atoms with E-state index >= 15 is 0 Å². The molecule has 3 aromatic carbocycles. The van der Waals surface area contributed by atoms with Gasteiger partial charge >= 0.3 is 12.3 Å². The third-order valence-corrected chi connectivity index (χ3v) is 5.61. The highest BCUT2D eigenvalue weighted by Gasteiger charge is 2.41. The molecule has 0 saturated heterocycles. The molecule has 2 nitrogen and oxygen atoms in total. The zero-order valence-corrected chi connectivity index (χ0v) is 18.9. The highest BCUT2D eigenvalue weighted by molar-refractivity contribution is 9.10. The van der Waals surface area contributed by atoms with E-state index < -0.39 is 19.0 Å². The van der Waals surface area contributed by atoms with Crippen LogP contribution in [0.1, 0.15) is 25.0 Å². The van der Waals surface area contributed by atoms with Crippen molar-refractivity contribution in [3.63, 3.8) is 0 Å². The van der Waals surface area contributed by atoms with E-state index in [2.05, 4.69) is 59.4 Å². The highest BCUT2D eigenvalue weighted by Crippen LogP contribution is 2.32. The molecule has 0 aliphatic heterocycles. The number of halogens is 5. The molecule has 3 aromatic rings. The number of hydrogen-bond donors (Lipinski definition) is 1. The van der Waals surface area contributed by atoms with Crippen LogP contribution in [0.5, 0.6) is 5.75 Å². The standard InChI is InChI=1S/C24H24BrF4NO/c1-23(2,21-8-4-6-17-9-10-18(25)12-20(17)21)14-30-13-16-5-3-7-19(11-16)31-15-24(28,29)22(26)27/h3-12,22,30H,13-15H2,1-2H3. The number of ether oxygens (including phenoxy) is 1. The van der Waals surface area contributed by atoms with Crippen LogP contribution in [0.2, 0.25) is 0 Å². The average Bonchev–Trinajstić information content (AvgIpc) is 2.72. The molecule has 0 unspecified atom stereocenters. The second-order valence-electron chi connectivity index (χ2n) is 8.16. The molecule has 0 aliphatic rings. The lowest BCUT2D eigenvalue weighted by atomic mass is 9.81. The molecule has 0 heterocycles. The fourth-order valence-electron chi connectivity index (χ4n) is 3.44. The predicted molar refractivity (Wildman–Crippen MR) is 119 cm³/mol. The lowest BCUT2D eigenvalue weighted by Crippen LogP contribution is -2.34. The lowest BCUT2D eigenvalue weighted by Gasteiger charge is -2.27. The van der Waals surface area contributed by atoms with Crippen molar-refractivity contribution in [2.75, 3.05) is 13.2 Å². The largest absolute Gasteiger partial charge is 0.487 e. The first-order chi connectivity index (χ1) is 14.6. The Morgan fingerprint density at radius 3 is 2.48 bits per heavy atom. The van der Waals surface area contributed by atoms with E-state index in [9.17, 15) is 17.6 Å². The maximum Gasteiger partial charge on any atom is 0.340 e. The molecule has 0 fully saturated rings. The minimum atomic E-state index is -4.17. The second-order valence-corrected chi connectivity index (χ2v) is 9.07. The topological polar surface area (TPSA) is 21.3 Å². The number of benzene rings is 3. The van der Waals surface area contributed by atoms with Gasteiger partial charge in [0.2, 0.25) is 0 Å². The Morgan fingerprint density at radius 1 is 1.00 bits per heavy atom. The fourth-order valence-corrected chi connectivity index (χ4v) is 3.80. The number of fused-ring (bicyclic) bond motifs is 1. The molecular weight excluding hydrogens is 474 g/mol. The Kier molecular flexibility index (Phi) is 7.27. The quantitative estimate of drug-likeness (QED) is 0.323. The molecule has 7 heteroatoms. The van der Waals surface area contributed by atoms with Crippen molar-refractivity contribution in [3.05, 3.63) is 76.3 Å². The number of hydrogen-bond acceptors (Lipinski definition) is 2. The summed E-state index contributed by atoms with van der Waals surface area (Å²) in [5.74, 6) is -4.04. The van der Waals surface area contributed by atoms with Crippen LogP contribution in [0.3, 0.4) is 0 Å². The van der Waals surface area contributed by atoms with Crippen molar-refractivity contribution in [1.29, 1.82) is 0 Å². The third-order valence-electron chi connectivity index (χ3n) is 5.12. The minimum absolute atomic E-state index is 0.137. The SMILES string of the molecule is CC(C)(CNCc1cccc(OCC(F)(F)C(F)F)c1)c1cccc2ccc(Br)cc12. The van der Waals surface area contributed by atoms with Crippen LogP contribution < -0.4 is 10.1 Å². The van der Waals surface area contributed by atoms with Crippen LogP contribution in [-0.4, -0.2) is 25.5 Å². The van der Waals surface area contributed by atoms with Gasteiger partial charge in [-0.3, -0.25) is 0 Å². The molecule has 0 radical (unpaired) electrons. The number of alkyl halides is 4. The molecule has 3 rings (SSSR count). The van der Waals surface area contributed by atoms with Gasteiger partial charge in [0.05, 0.1) is 0 Å². The molecule has 31 heavy (non-hydrogen) atoms. The van der Waals surface area contributed by atoms with Gasteiger partial charge in [0.25, 0.3) is 0 Å². The molecule has 166 valence electrons. The minimum Gasteiger partial charge on any atom is -0.487 e. The van der Waals surface area contributed by atoms with E-state index in [-0.39, 0.29) is 11.2 Å². The van der Waals surface area contributed by atoms with Crippen LogP contribution in [0.25, 0.3) is 10.8 Å². The number of rotatable bonds is 9. The van der Waals surface area contributed by atoms with Gasteiger partial charge in [0, 0.05) is 23.0 Å². The first kappa shape index (κ1) is 23.5. The van der Waals surface area contributed by atoms with E-state index in [0.717, 1.165) is 10.0 Å². The van der Waals surface area contributed by atoms with E-state index in [1.54, 1.807) is 12.1 Å². The van der Waals surface area contributed by atoms with Crippen LogP contribution >= 0.6 is 15.9 Å². The van der Waals surface area contributed by atoms with Crippen molar-refractivity contribution < 1.29 is 22.3 Å². The van der Waals surface area contributed by atoms with Crippen molar-refractivity contribution in [1.82, 2.24) is 5.32 Å². The molecular formula is C24H24BrF4NO. The van der Waals surface area contributed by atoms with Gasteiger partial charge in [-0.25, -0.2) is 8.78 Å². The van der Waals surface area contributed by atoms with Gasteiger partial charge in [0.1, 0.15) is 5.75 Å². The fraction of sp³-hybridized carbons (Fsp3) is 0.333. The Labute approximate surface area is 187 Å². The van der Waals surface area contributed by atoms with Crippen molar-refractivity contribution in [3.8, 4) is 5.75 Å². The molecule has 0 atom stereocenters. The van der Waals surface area contributed by atoms with Gasteiger partial charge in [-0.1, -0.05) is 66.2 Å². The Morgan fingerprint density at radius 2 is 1.74 bits per heavy atom.